The van der Waals surface area contributed by atoms with Crippen LogP contribution in [0.1, 0.15) is 50.4 Å². The lowest BCUT2D eigenvalue weighted by atomic mass is 9.71. The molecule has 0 aromatic carbocycles. The number of pyridine rings is 1. The van der Waals surface area contributed by atoms with Crippen LogP contribution in [0.4, 0.5) is 18.0 Å². The number of carbonyl (C=O) groups excluding carboxylic acids is 1. The van der Waals surface area contributed by atoms with Crippen LogP contribution in [0.3, 0.4) is 0 Å². The molecule has 1 aliphatic heterocycles. The monoisotopic (exact) mass is 424 g/mol. The zero-order valence-corrected chi connectivity index (χ0v) is 17.1. The van der Waals surface area contributed by atoms with Crippen LogP contribution >= 0.6 is 0 Å². The number of carbonyl (C=O) groups is 1. The van der Waals surface area contributed by atoms with Crippen LogP contribution < -0.4 is 0 Å². The van der Waals surface area contributed by atoms with Crippen molar-refractivity contribution < 1.29 is 22.7 Å². The quantitative estimate of drug-likeness (QED) is 0.735. The fourth-order valence-corrected chi connectivity index (χ4v) is 4.44. The molecule has 0 radical (unpaired) electrons. The maximum absolute atomic E-state index is 13.1. The molecule has 3 rings (SSSR count). The lowest BCUT2D eigenvalue weighted by Gasteiger charge is -2.39. The second kappa shape index (κ2) is 9.21. The Bertz CT molecular complexity index is 785. The Morgan fingerprint density at radius 3 is 2.63 bits per heavy atom. The first-order valence-corrected chi connectivity index (χ1v) is 10.4. The van der Waals surface area contributed by atoms with Gasteiger partial charge in [-0.05, 0) is 51.2 Å². The summed E-state index contributed by atoms with van der Waals surface area (Å²) in [5.41, 5.74) is -1.73. The molecule has 30 heavy (non-hydrogen) atoms. The number of halogens is 3. The maximum Gasteiger partial charge on any atom is 0.433 e. The van der Waals surface area contributed by atoms with E-state index in [1.165, 1.54) is 12.1 Å². The Morgan fingerprint density at radius 2 is 2.00 bits per heavy atom. The van der Waals surface area contributed by atoms with Gasteiger partial charge in [0.15, 0.2) is 0 Å². The third kappa shape index (κ3) is 4.86. The number of hydrogen-bond acceptors (Lipinski definition) is 5. The van der Waals surface area contributed by atoms with E-state index in [4.69, 9.17) is 4.74 Å². The van der Waals surface area contributed by atoms with Gasteiger partial charge in [0.1, 0.15) is 5.69 Å². The van der Waals surface area contributed by atoms with Gasteiger partial charge in [-0.3, -0.25) is 4.90 Å². The van der Waals surface area contributed by atoms with E-state index in [-0.39, 0.29) is 17.8 Å². The van der Waals surface area contributed by atoms with Gasteiger partial charge in [-0.25, -0.2) is 9.78 Å². The van der Waals surface area contributed by atoms with Crippen molar-refractivity contribution in [3.8, 4) is 6.07 Å². The molecule has 6 nitrogen and oxygen atoms in total. The molecule has 0 N–H and O–H groups in total. The van der Waals surface area contributed by atoms with Crippen LogP contribution in [-0.4, -0.2) is 59.7 Å². The zero-order valence-electron chi connectivity index (χ0n) is 17.1. The molecule has 2 fully saturated rings. The van der Waals surface area contributed by atoms with Crippen LogP contribution in [0.15, 0.2) is 18.2 Å². The minimum Gasteiger partial charge on any atom is -0.450 e. The molecule has 1 aromatic heterocycles. The highest BCUT2D eigenvalue weighted by atomic mass is 19.4. The summed E-state index contributed by atoms with van der Waals surface area (Å²) in [7, 11) is 0. The van der Waals surface area contributed by atoms with E-state index in [0.29, 0.717) is 45.4 Å². The topological polar surface area (TPSA) is 69.5 Å². The first-order chi connectivity index (χ1) is 14.3. The molecule has 1 saturated heterocycles. The van der Waals surface area contributed by atoms with Crippen molar-refractivity contribution in [3.63, 3.8) is 0 Å². The van der Waals surface area contributed by atoms with Crippen LogP contribution in [0, 0.1) is 11.3 Å². The average Bonchev–Trinajstić information content (AvgIpc) is 3.00. The summed E-state index contributed by atoms with van der Waals surface area (Å²) >= 11 is 0. The van der Waals surface area contributed by atoms with Crippen molar-refractivity contribution in [2.45, 2.75) is 56.7 Å². The van der Waals surface area contributed by atoms with E-state index in [1.54, 1.807) is 11.8 Å². The Kier molecular flexibility index (Phi) is 6.86. The first-order valence-electron chi connectivity index (χ1n) is 10.4. The molecule has 9 heteroatoms. The van der Waals surface area contributed by atoms with Gasteiger partial charge < -0.3 is 9.64 Å². The highest BCUT2D eigenvalue weighted by molar-refractivity contribution is 5.67. The van der Waals surface area contributed by atoms with Gasteiger partial charge in [-0.2, -0.15) is 18.4 Å². The highest BCUT2D eigenvalue weighted by Gasteiger charge is 2.42. The van der Waals surface area contributed by atoms with Gasteiger partial charge in [-0.1, -0.05) is 6.07 Å². The second-order valence-electron chi connectivity index (χ2n) is 7.91. The van der Waals surface area contributed by atoms with Gasteiger partial charge in [0, 0.05) is 32.2 Å². The van der Waals surface area contributed by atoms with Crippen LogP contribution in [-0.2, 0) is 16.3 Å². The Balaban J connectivity index is 1.65. The van der Waals surface area contributed by atoms with Crippen molar-refractivity contribution in [1.82, 2.24) is 14.8 Å². The summed E-state index contributed by atoms with van der Waals surface area (Å²) in [5, 5.41) is 9.83. The normalized spacial score (nSPS) is 26.0. The van der Waals surface area contributed by atoms with E-state index < -0.39 is 17.3 Å². The predicted octanol–water partition coefficient (Wildman–Crippen LogP) is 3.97. The Hall–Kier alpha value is -2.34. The number of ether oxygens (including phenoxy) is 1. The molecule has 1 saturated carbocycles. The number of alkyl halides is 3. The van der Waals surface area contributed by atoms with Crippen molar-refractivity contribution in [1.29, 1.82) is 5.26 Å². The summed E-state index contributed by atoms with van der Waals surface area (Å²) in [5.74, 6) is 0. The molecular weight excluding hydrogens is 397 g/mol. The molecule has 2 heterocycles. The van der Waals surface area contributed by atoms with Crippen LogP contribution in [0.2, 0.25) is 0 Å². The first kappa shape index (κ1) is 22.3. The fourth-order valence-electron chi connectivity index (χ4n) is 4.44. The summed E-state index contributed by atoms with van der Waals surface area (Å²) in [6, 6.07) is 6.31. The number of nitriles is 1. The van der Waals surface area contributed by atoms with E-state index in [1.807, 2.05) is 0 Å². The van der Waals surface area contributed by atoms with E-state index >= 15 is 0 Å². The Labute approximate surface area is 174 Å². The standard InChI is InChI=1S/C21H27F3N4O2/c1-2-30-19(29)28-12-4-11-27(13-14-28)16-7-9-20(15-25,10-8-16)17-5-3-6-18(26-17)21(22,23)24/h3,5-6,16H,2,4,7-14H2,1H3. The molecule has 0 bridgehead atoms. The number of amides is 1. The summed E-state index contributed by atoms with van der Waals surface area (Å²) < 4.78 is 44.3. The van der Waals surface area contributed by atoms with E-state index in [9.17, 15) is 23.2 Å². The number of rotatable bonds is 3. The fraction of sp³-hybridized carbons (Fsp3) is 0.667. The average molecular weight is 424 g/mol. The van der Waals surface area contributed by atoms with Crippen molar-refractivity contribution >= 4 is 6.09 Å². The van der Waals surface area contributed by atoms with Gasteiger partial charge in [0.05, 0.1) is 23.8 Å². The molecular formula is C21H27F3N4O2. The van der Waals surface area contributed by atoms with Gasteiger partial charge >= 0.3 is 12.3 Å². The molecule has 0 spiro atoms. The minimum atomic E-state index is -4.53. The van der Waals surface area contributed by atoms with Crippen molar-refractivity contribution in [2.75, 3.05) is 32.8 Å². The van der Waals surface area contributed by atoms with E-state index in [0.717, 1.165) is 25.6 Å². The summed E-state index contributed by atoms with van der Waals surface area (Å²) in [4.78, 5) is 19.8. The second-order valence-corrected chi connectivity index (χ2v) is 7.91. The van der Waals surface area contributed by atoms with Gasteiger partial charge in [-0.15, -0.1) is 0 Å². The summed E-state index contributed by atoms with van der Waals surface area (Å²) in [6.07, 6.45) is -1.60. The predicted molar refractivity (Wildman–Crippen MR) is 104 cm³/mol. The number of hydrogen-bond donors (Lipinski definition) is 0. The third-order valence-electron chi connectivity index (χ3n) is 6.13. The molecule has 1 amide bonds. The van der Waals surface area contributed by atoms with Crippen LogP contribution in [0.25, 0.3) is 0 Å². The zero-order chi connectivity index (χ0) is 21.8. The lowest BCUT2D eigenvalue weighted by Crippen LogP contribution is -2.44. The SMILES string of the molecule is CCOC(=O)N1CCCN(C2CCC(C#N)(c3cccc(C(F)(F)F)n3)CC2)CC1. The van der Waals surface area contributed by atoms with Gasteiger partial charge in [0.2, 0.25) is 0 Å². The smallest absolute Gasteiger partial charge is 0.433 e. The largest absolute Gasteiger partial charge is 0.450 e. The molecule has 2 aliphatic rings. The Morgan fingerprint density at radius 1 is 1.27 bits per heavy atom. The van der Waals surface area contributed by atoms with Gasteiger partial charge in [0.25, 0.3) is 0 Å². The maximum atomic E-state index is 13.1. The molecule has 0 unspecified atom stereocenters. The number of nitrogens with zero attached hydrogens (tertiary/aromatic N) is 4. The van der Waals surface area contributed by atoms with Crippen molar-refractivity contribution in [3.05, 3.63) is 29.6 Å². The summed E-state index contributed by atoms with van der Waals surface area (Å²) in [6.45, 7) is 4.95. The number of aromatic nitrogens is 1. The molecule has 164 valence electrons. The lowest BCUT2D eigenvalue weighted by molar-refractivity contribution is -0.141. The van der Waals surface area contributed by atoms with Crippen LogP contribution in [0.5, 0.6) is 0 Å². The molecule has 1 aromatic rings. The third-order valence-corrected chi connectivity index (χ3v) is 6.13. The highest BCUT2D eigenvalue weighted by Crippen LogP contribution is 2.40. The van der Waals surface area contributed by atoms with Crippen molar-refractivity contribution in [2.24, 2.45) is 0 Å². The molecule has 0 atom stereocenters. The van der Waals surface area contributed by atoms with E-state index in [2.05, 4.69) is 16.0 Å². The molecule has 1 aliphatic carbocycles. The minimum absolute atomic E-state index is 0.211.